The van der Waals surface area contributed by atoms with Gasteiger partial charge in [-0.25, -0.2) is 4.79 Å². The second kappa shape index (κ2) is 6.61. The van der Waals surface area contributed by atoms with Crippen molar-refractivity contribution in [2.75, 3.05) is 0 Å². The van der Waals surface area contributed by atoms with Crippen LogP contribution in [0.4, 0.5) is 4.79 Å². The first kappa shape index (κ1) is 14.8. The zero-order valence-electron chi connectivity index (χ0n) is 11.4. The highest BCUT2D eigenvalue weighted by molar-refractivity contribution is 5.82. The molecule has 0 heterocycles. The van der Waals surface area contributed by atoms with Crippen molar-refractivity contribution in [3.63, 3.8) is 0 Å². The van der Waals surface area contributed by atoms with Crippen LogP contribution >= 0.6 is 0 Å². The molecule has 2 unspecified atom stereocenters. The lowest BCUT2D eigenvalue weighted by molar-refractivity contribution is -0.138. The quantitative estimate of drug-likeness (QED) is 0.719. The van der Waals surface area contributed by atoms with Crippen LogP contribution < -0.4 is 10.6 Å². The molecule has 1 rings (SSSR count). The van der Waals surface area contributed by atoms with Crippen molar-refractivity contribution < 1.29 is 14.7 Å². The van der Waals surface area contributed by atoms with E-state index in [1.165, 1.54) is 13.3 Å². The van der Waals surface area contributed by atoms with Crippen LogP contribution in [0.25, 0.3) is 0 Å². The Bertz CT molecular complexity index is 305. The standard InChI is InChI=1S/C13H24N2O3/c1-8(2)10-6-4-5-7-11(10)15-13(18)14-9(3)12(16)17/h8-11H,4-7H2,1-3H3,(H,16,17)(H2,14,15,18)/t9-,10?,11?/m0/s1. The van der Waals surface area contributed by atoms with E-state index in [0.717, 1.165) is 19.3 Å². The molecule has 0 spiro atoms. The Morgan fingerprint density at radius 3 is 2.33 bits per heavy atom. The van der Waals surface area contributed by atoms with Gasteiger partial charge in [0, 0.05) is 6.04 Å². The molecule has 18 heavy (non-hydrogen) atoms. The Labute approximate surface area is 108 Å². The maximum absolute atomic E-state index is 11.7. The molecule has 5 heteroatoms. The Balaban J connectivity index is 2.48. The van der Waals surface area contributed by atoms with Gasteiger partial charge in [0.1, 0.15) is 6.04 Å². The number of amides is 2. The molecular formula is C13H24N2O3. The number of urea groups is 1. The van der Waals surface area contributed by atoms with Crippen LogP contribution in [0.5, 0.6) is 0 Å². The van der Waals surface area contributed by atoms with Crippen LogP contribution in [-0.2, 0) is 4.79 Å². The number of hydrogen-bond acceptors (Lipinski definition) is 2. The highest BCUT2D eigenvalue weighted by Crippen LogP contribution is 2.30. The zero-order chi connectivity index (χ0) is 13.7. The van der Waals surface area contributed by atoms with E-state index < -0.39 is 12.0 Å². The maximum atomic E-state index is 11.7. The number of carboxylic acid groups (broad SMARTS) is 1. The molecule has 0 bridgehead atoms. The molecule has 1 aliphatic carbocycles. The van der Waals surface area contributed by atoms with Gasteiger partial charge in [0.15, 0.2) is 0 Å². The topological polar surface area (TPSA) is 78.4 Å². The minimum absolute atomic E-state index is 0.166. The van der Waals surface area contributed by atoms with Crippen molar-refractivity contribution in [3.05, 3.63) is 0 Å². The average Bonchev–Trinajstić information content (AvgIpc) is 2.28. The third kappa shape index (κ3) is 4.20. The van der Waals surface area contributed by atoms with Crippen molar-refractivity contribution in [1.82, 2.24) is 10.6 Å². The average molecular weight is 256 g/mol. The lowest BCUT2D eigenvalue weighted by atomic mass is 9.78. The van der Waals surface area contributed by atoms with Gasteiger partial charge in [0.25, 0.3) is 0 Å². The van der Waals surface area contributed by atoms with Gasteiger partial charge >= 0.3 is 12.0 Å². The van der Waals surface area contributed by atoms with Crippen LogP contribution in [-0.4, -0.2) is 29.2 Å². The van der Waals surface area contributed by atoms with Crippen LogP contribution in [0.1, 0.15) is 46.5 Å². The van der Waals surface area contributed by atoms with Gasteiger partial charge in [0.2, 0.25) is 0 Å². The van der Waals surface area contributed by atoms with Gasteiger partial charge in [-0.15, -0.1) is 0 Å². The number of carboxylic acids is 1. The fourth-order valence-corrected chi connectivity index (χ4v) is 2.61. The minimum atomic E-state index is -1.02. The molecule has 0 aromatic heterocycles. The molecule has 1 fully saturated rings. The summed E-state index contributed by atoms with van der Waals surface area (Å²) in [5.74, 6) is 0.00587. The highest BCUT2D eigenvalue weighted by atomic mass is 16.4. The molecule has 2 amide bonds. The molecule has 0 radical (unpaired) electrons. The Morgan fingerprint density at radius 1 is 1.17 bits per heavy atom. The lowest BCUT2D eigenvalue weighted by Gasteiger charge is -2.35. The maximum Gasteiger partial charge on any atom is 0.325 e. The molecule has 0 saturated heterocycles. The van der Waals surface area contributed by atoms with E-state index in [0.29, 0.717) is 11.8 Å². The predicted molar refractivity (Wildman–Crippen MR) is 69.3 cm³/mol. The summed E-state index contributed by atoms with van der Waals surface area (Å²) in [5.41, 5.74) is 0. The summed E-state index contributed by atoms with van der Waals surface area (Å²) in [6, 6.07) is -1.06. The van der Waals surface area contributed by atoms with Crippen LogP contribution in [0, 0.1) is 11.8 Å². The minimum Gasteiger partial charge on any atom is -0.480 e. The molecule has 5 nitrogen and oxygen atoms in total. The van der Waals surface area contributed by atoms with E-state index in [9.17, 15) is 9.59 Å². The fraction of sp³-hybridized carbons (Fsp3) is 0.846. The number of nitrogens with one attached hydrogen (secondary N) is 2. The van der Waals surface area contributed by atoms with Crippen LogP contribution in [0.15, 0.2) is 0 Å². The molecule has 1 aliphatic rings. The Morgan fingerprint density at radius 2 is 1.78 bits per heavy atom. The third-order valence-corrected chi connectivity index (χ3v) is 3.71. The molecule has 0 aromatic rings. The fourth-order valence-electron chi connectivity index (χ4n) is 2.61. The number of rotatable bonds is 4. The summed E-state index contributed by atoms with van der Waals surface area (Å²) in [5, 5.41) is 14.1. The molecule has 1 saturated carbocycles. The second-order valence-electron chi connectivity index (χ2n) is 5.48. The van der Waals surface area contributed by atoms with Gasteiger partial charge in [-0.3, -0.25) is 4.79 Å². The normalized spacial score (nSPS) is 25.6. The van der Waals surface area contributed by atoms with E-state index in [2.05, 4.69) is 24.5 Å². The summed E-state index contributed by atoms with van der Waals surface area (Å²) in [7, 11) is 0. The first-order valence-electron chi connectivity index (χ1n) is 6.71. The molecule has 3 atom stereocenters. The van der Waals surface area contributed by atoms with Crippen molar-refractivity contribution in [1.29, 1.82) is 0 Å². The van der Waals surface area contributed by atoms with Gasteiger partial charge < -0.3 is 15.7 Å². The predicted octanol–water partition coefficient (Wildman–Crippen LogP) is 1.97. The summed E-state index contributed by atoms with van der Waals surface area (Å²) >= 11 is 0. The van der Waals surface area contributed by atoms with Gasteiger partial charge in [-0.1, -0.05) is 26.7 Å². The SMILES string of the molecule is CC(C)C1CCCCC1NC(=O)N[C@@H](C)C(=O)O. The van der Waals surface area contributed by atoms with E-state index in [-0.39, 0.29) is 12.1 Å². The number of hydrogen-bond donors (Lipinski definition) is 3. The molecule has 3 N–H and O–H groups in total. The first-order valence-corrected chi connectivity index (χ1v) is 6.71. The van der Waals surface area contributed by atoms with E-state index in [1.54, 1.807) is 0 Å². The van der Waals surface area contributed by atoms with Crippen molar-refractivity contribution in [3.8, 4) is 0 Å². The highest BCUT2D eigenvalue weighted by Gasteiger charge is 2.29. The summed E-state index contributed by atoms with van der Waals surface area (Å²) in [6.45, 7) is 5.80. The Hall–Kier alpha value is -1.26. The van der Waals surface area contributed by atoms with Crippen molar-refractivity contribution in [2.45, 2.75) is 58.5 Å². The largest absolute Gasteiger partial charge is 0.480 e. The van der Waals surface area contributed by atoms with Crippen LogP contribution in [0.3, 0.4) is 0 Å². The van der Waals surface area contributed by atoms with E-state index in [4.69, 9.17) is 5.11 Å². The zero-order valence-corrected chi connectivity index (χ0v) is 11.4. The monoisotopic (exact) mass is 256 g/mol. The third-order valence-electron chi connectivity index (χ3n) is 3.71. The molecule has 104 valence electrons. The Kier molecular flexibility index (Phi) is 5.44. The molecule has 0 aliphatic heterocycles. The summed E-state index contributed by atoms with van der Waals surface area (Å²) in [6.07, 6.45) is 4.46. The van der Waals surface area contributed by atoms with E-state index >= 15 is 0 Å². The van der Waals surface area contributed by atoms with Gasteiger partial charge in [-0.05, 0) is 31.6 Å². The summed E-state index contributed by atoms with van der Waals surface area (Å²) < 4.78 is 0. The smallest absolute Gasteiger partial charge is 0.325 e. The van der Waals surface area contributed by atoms with Crippen molar-refractivity contribution >= 4 is 12.0 Å². The number of aliphatic carboxylic acids is 1. The second-order valence-corrected chi connectivity index (χ2v) is 5.48. The van der Waals surface area contributed by atoms with Gasteiger partial charge in [-0.2, -0.15) is 0 Å². The van der Waals surface area contributed by atoms with Crippen molar-refractivity contribution in [2.24, 2.45) is 11.8 Å². The van der Waals surface area contributed by atoms with Crippen LogP contribution in [0.2, 0.25) is 0 Å². The molecule has 0 aromatic carbocycles. The summed E-state index contributed by atoms with van der Waals surface area (Å²) in [4.78, 5) is 22.4. The molecular weight excluding hydrogens is 232 g/mol. The number of carbonyl (C=O) groups is 2. The first-order chi connectivity index (χ1) is 8.41. The van der Waals surface area contributed by atoms with E-state index in [1.807, 2.05) is 0 Å². The lowest BCUT2D eigenvalue weighted by Crippen LogP contribution is -2.51. The van der Waals surface area contributed by atoms with Gasteiger partial charge in [0.05, 0.1) is 0 Å². The number of carbonyl (C=O) groups excluding carboxylic acids is 1.